The van der Waals surface area contributed by atoms with Crippen molar-refractivity contribution in [3.63, 3.8) is 0 Å². The summed E-state index contributed by atoms with van der Waals surface area (Å²) in [6.07, 6.45) is 2.30. The predicted octanol–water partition coefficient (Wildman–Crippen LogP) is 3.59. The van der Waals surface area contributed by atoms with E-state index in [2.05, 4.69) is 25.9 Å². The fraction of sp³-hybridized carbons (Fsp3) is 0.474. The normalized spacial score (nSPS) is 23.5. The minimum atomic E-state index is -1.08. The standard InChI is InChI=1S/C19H21N5O3S/c1-10(25)18-22-15-9-21-13-5-7-28-17(13)16(15)24(18)12-3-2-11(4-6-20)14(8-12)23-19(26)27/h5,7,9-12,14,23,25H,2-4,8H2,1H3,(H,26,27)/t10-,11-,12+,14-/m1/s1. The molecule has 3 N–H and O–H groups in total. The lowest BCUT2D eigenvalue weighted by Gasteiger charge is -2.36. The van der Waals surface area contributed by atoms with E-state index >= 15 is 0 Å². The molecule has 28 heavy (non-hydrogen) atoms. The van der Waals surface area contributed by atoms with E-state index in [1.165, 1.54) is 0 Å². The first-order valence-corrected chi connectivity index (χ1v) is 10.2. The number of thiophene rings is 1. The van der Waals surface area contributed by atoms with Gasteiger partial charge in [0.1, 0.15) is 17.4 Å². The maximum absolute atomic E-state index is 11.3. The fourth-order valence-electron chi connectivity index (χ4n) is 4.30. The van der Waals surface area contributed by atoms with Crippen LogP contribution in [0.2, 0.25) is 0 Å². The van der Waals surface area contributed by atoms with E-state index in [1.807, 2.05) is 11.4 Å². The van der Waals surface area contributed by atoms with Crippen molar-refractivity contribution in [2.45, 2.75) is 50.8 Å². The van der Waals surface area contributed by atoms with Gasteiger partial charge in [-0.3, -0.25) is 4.98 Å². The average Bonchev–Trinajstić information content (AvgIpc) is 3.26. The molecule has 3 heterocycles. The Morgan fingerprint density at radius 2 is 2.32 bits per heavy atom. The van der Waals surface area contributed by atoms with Crippen LogP contribution in [0.5, 0.6) is 0 Å². The molecule has 1 saturated carbocycles. The van der Waals surface area contributed by atoms with E-state index in [0.717, 1.165) is 34.1 Å². The fourth-order valence-corrected chi connectivity index (χ4v) is 5.19. The summed E-state index contributed by atoms with van der Waals surface area (Å²) >= 11 is 1.58. The van der Waals surface area contributed by atoms with Crippen LogP contribution in [-0.4, -0.2) is 36.9 Å². The Hall–Kier alpha value is -2.70. The lowest BCUT2D eigenvalue weighted by Crippen LogP contribution is -2.44. The number of amides is 1. The summed E-state index contributed by atoms with van der Waals surface area (Å²) in [4.78, 5) is 20.4. The van der Waals surface area contributed by atoms with Crippen LogP contribution >= 0.6 is 11.3 Å². The molecule has 0 bridgehead atoms. The van der Waals surface area contributed by atoms with E-state index in [1.54, 1.807) is 24.5 Å². The van der Waals surface area contributed by atoms with Gasteiger partial charge in [0.25, 0.3) is 0 Å². The van der Waals surface area contributed by atoms with Crippen LogP contribution in [0.25, 0.3) is 21.3 Å². The van der Waals surface area contributed by atoms with Gasteiger partial charge in [0.2, 0.25) is 0 Å². The van der Waals surface area contributed by atoms with Gasteiger partial charge in [-0.25, -0.2) is 9.78 Å². The van der Waals surface area contributed by atoms with Gasteiger partial charge in [-0.05, 0) is 43.6 Å². The van der Waals surface area contributed by atoms with Crippen molar-refractivity contribution in [2.75, 3.05) is 0 Å². The van der Waals surface area contributed by atoms with Crippen molar-refractivity contribution < 1.29 is 15.0 Å². The van der Waals surface area contributed by atoms with Gasteiger partial charge in [0.05, 0.1) is 28.0 Å². The Morgan fingerprint density at radius 1 is 1.50 bits per heavy atom. The van der Waals surface area contributed by atoms with Crippen molar-refractivity contribution >= 4 is 38.7 Å². The second kappa shape index (κ2) is 7.37. The number of aromatic nitrogens is 3. The molecule has 0 spiro atoms. The molecule has 146 valence electrons. The second-order valence-electron chi connectivity index (χ2n) is 7.29. The minimum Gasteiger partial charge on any atom is -0.465 e. The summed E-state index contributed by atoms with van der Waals surface area (Å²) in [5.74, 6) is 0.557. The topological polar surface area (TPSA) is 124 Å². The summed E-state index contributed by atoms with van der Waals surface area (Å²) in [5, 5.41) is 33.3. The zero-order valence-corrected chi connectivity index (χ0v) is 16.2. The summed E-state index contributed by atoms with van der Waals surface area (Å²) in [6.45, 7) is 1.69. The number of nitriles is 1. The smallest absolute Gasteiger partial charge is 0.404 e. The molecule has 0 aliphatic heterocycles. The molecular weight excluding hydrogens is 378 g/mol. The third-order valence-electron chi connectivity index (χ3n) is 5.52. The van der Waals surface area contributed by atoms with Gasteiger partial charge in [0, 0.05) is 18.5 Å². The molecule has 9 heteroatoms. The minimum absolute atomic E-state index is 0.00874. The number of rotatable bonds is 4. The number of nitrogens with zero attached hydrogens (tertiary/aromatic N) is 4. The van der Waals surface area contributed by atoms with Crippen LogP contribution in [0.1, 0.15) is 50.6 Å². The van der Waals surface area contributed by atoms with E-state index < -0.39 is 12.2 Å². The van der Waals surface area contributed by atoms with E-state index in [-0.39, 0.29) is 18.0 Å². The Morgan fingerprint density at radius 3 is 3.04 bits per heavy atom. The zero-order chi connectivity index (χ0) is 19.8. The molecule has 1 fully saturated rings. The number of imidazole rings is 1. The van der Waals surface area contributed by atoms with Gasteiger partial charge in [0.15, 0.2) is 0 Å². The van der Waals surface area contributed by atoms with Gasteiger partial charge in [-0.1, -0.05) is 0 Å². The van der Waals surface area contributed by atoms with Crippen molar-refractivity contribution in [3.05, 3.63) is 23.5 Å². The molecule has 1 aliphatic rings. The maximum atomic E-state index is 11.3. The predicted molar refractivity (Wildman–Crippen MR) is 105 cm³/mol. The first-order chi connectivity index (χ1) is 13.5. The first-order valence-electron chi connectivity index (χ1n) is 9.28. The molecule has 1 aliphatic carbocycles. The van der Waals surface area contributed by atoms with Gasteiger partial charge < -0.3 is 20.1 Å². The molecule has 1 amide bonds. The molecular formula is C19H21N5O3S. The van der Waals surface area contributed by atoms with Crippen LogP contribution in [-0.2, 0) is 0 Å². The number of carboxylic acid groups (broad SMARTS) is 1. The summed E-state index contributed by atoms with van der Waals surface area (Å²) < 4.78 is 3.08. The van der Waals surface area contributed by atoms with Crippen LogP contribution in [0.4, 0.5) is 4.79 Å². The number of nitrogens with one attached hydrogen (secondary N) is 1. The Kier molecular flexibility index (Phi) is 4.91. The van der Waals surface area contributed by atoms with Crippen molar-refractivity contribution in [1.29, 1.82) is 5.26 Å². The molecule has 3 aromatic heterocycles. The zero-order valence-electron chi connectivity index (χ0n) is 15.4. The highest BCUT2D eigenvalue weighted by Gasteiger charge is 2.34. The molecule has 0 radical (unpaired) electrons. The lowest BCUT2D eigenvalue weighted by atomic mass is 9.80. The number of hydrogen-bond donors (Lipinski definition) is 3. The van der Waals surface area contributed by atoms with Crippen molar-refractivity contribution in [3.8, 4) is 6.07 Å². The molecule has 8 nitrogen and oxygen atoms in total. The maximum Gasteiger partial charge on any atom is 0.404 e. The monoisotopic (exact) mass is 399 g/mol. The Labute approximate surface area is 165 Å². The van der Waals surface area contributed by atoms with E-state index in [4.69, 9.17) is 5.26 Å². The highest BCUT2D eigenvalue weighted by atomic mass is 32.1. The number of hydrogen-bond acceptors (Lipinski definition) is 6. The quantitative estimate of drug-likeness (QED) is 0.616. The van der Waals surface area contributed by atoms with Gasteiger partial charge in [-0.15, -0.1) is 11.3 Å². The first kappa shape index (κ1) is 18.7. The van der Waals surface area contributed by atoms with Crippen LogP contribution in [0.15, 0.2) is 17.6 Å². The molecule has 4 atom stereocenters. The van der Waals surface area contributed by atoms with E-state index in [0.29, 0.717) is 18.7 Å². The largest absolute Gasteiger partial charge is 0.465 e. The third kappa shape index (κ3) is 3.19. The summed E-state index contributed by atoms with van der Waals surface area (Å²) in [5.41, 5.74) is 2.55. The number of fused-ring (bicyclic) bond motifs is 3. The average molecular weight is 399 g/mol. The number of aliphatic hydroxyl groups excluding tert-OH is 1. The molecule has 0 unspecified atom stereocenters. The summed E-state index contributed by atoms with van der Waals surface area (Å²) in [7, 11) is 0. The van der Waals surface area contributed by atoms with Crippen LogP contribution < -0.4 is 5.32 Å². The lowest BCUT2D eigenvalue weighted by molar-refractivity contribution is 0.154. The highest BCUT2D eigenvalue weighted by molar-refractivity contribution is 7.18. The van der Waals surface area contributed by atoms with Crippen molar-refractivity contribution in [1.82, 2.24) is 19.9 Å². The Balaban J connectivity index is 1.81. The second-order valence-corrected chi connectivity index (χ2v) is 8.20. The Bertz CT molecular complexity index is 1070. The van der Waals surface area contributed by atoms with Crippen LogP contribution in [0.3, 0.4) is 0 Å². The van der Waals surface area contributed by atoms with Gasteiger partial charge >= 0.3 is 6.09 Å². The number of aliphatic hydroxyl groups is 1. The molecule has 3 aromatic rings. The van der Waals surface area contributed by atoms with Crippen LogP contribution in [0, 0.1) is 17.2 Å². The summed E-state index contributed by atoms with van der Waals surface area (Å²) in [6, 6.07) is 3.80. The number of pyridine rings is 1. The number of carbonyl (C=O) groups is 1. The SMILES string of the molecule is C[C@@H](O)c1nc2cnc3ccsc3c2n1[C@H]1CC[C@H](CC#N)[C@H](NC(=O)O)C1. The molecule has 0 saturated heterocycles. The van der Waals surface area contributed by atoms with Crippen molar-refractivity contribution in [2.24, 2.45) is 5.92 Å². The van der Waals surface area contributed by atoms with E-state index in [9.17, 15) is 15.0 Å². The highest BCUT2D eigenvalue weighted by Crippen LogP contribution is 2.40. The molecule has 4 rings (SSSR count). The third-order valence-corrected chi connectivity index (χ3v) is 6.43. The van der Waals surface area contributed by atoms with Gasteiger partial charge in [-0.2, -0.15) is 5.26 Å². The molecule has 0 aromatic carbocycles.